The topological polar surface area (TPSA) is 77.6 Å². The molecule has 1 aromatic carbocycles. The molecule has 1 N–H and O–H groups in total. The third kappa shape index (κ3) is 2.25. The highest BCUT2D eigenvalue weighted by Gasteiger charge is 2.10. The van der Waals surface area contributed by atoms with E-state index >= 15 is 0 Å². The first kappa shape index (κ1) is 12.3. The first-order chi connectivity index (χ1) is 9.63. The van der Waals surface area contributed by atoms with Crippen molar-refractivity contribution >= 4 is 22.8 Å². The first-order valence-corrected chi connectivity index (χ1v) is 6.22. The second-order valence-electron chi connectivity index (χ2n) is 4.58. The number of carbonyl (C=O) groups excluding carboxylic acids is 1. The maximum atomic E-state index is 12.0. The Morgan fingerprint density at radius 2 is 2.15 bits per heavy atom. The van der Waals surface area contributed by atoms with Gasteiger partial charge < -0.3 is 5.32 Å². The lowest BCUT2D eigenvalue weighted by Gasteiger charge is -2.05. The van der Waals surface area contributed by atoms with Crippen molar-refractivity contribution in [1.29, 1.82) is 0 Å². The third-order valence-corrected chi connectivity index (χ3v) is 2.98. The second-order valence-corrected chi connectivity index (χ2v) is 4.58. The molecular formula is C13H14N6O. The van der Waals surface area contributed by atoms with E-state index in [0.29, 0.717) is 5.82 Å². The lowest BCUT2D eigenvalue weighted by atomic mass is 10.3. The van der Waals surface area contributed by atoms with E-state index in [0.717, 1.165) is 16.7 Å². The standard InChI is InChI=1S/C13H14N6O/c1-9-7-12(18(2)16-9)14-13(20)8-19-11-6-4-3-5-10(11)15-17-19/h3-7H,8H2,1-2H3,(H,14,20). The van der Waals surface area contributed by atoms with Gasteiger partial charge in [-0.05, 0) is 19.1 Å². The molecule has 1 amide bonds. The molecule has 0 aliphatic heterocycles. The van der Waals surface area contributed by atoms with Crippen LogP contribution in [0.25, 0.3) is 11.0 Å². The number of aryl methyl sites for hydroxylation is 2. The average molecular weight is 270 g/mol. The molecule has 0 spiro atoms. The molecular weight excluding hydrogens is 256 g/mol. The molecule has 20 heavy (non-hydrogen) atoms. The number of rotatable bonds is 3. The highest BCUT2D eigenvalue weighted by Crippen LogP contribution is 2.11. The molecule has 3 rings (SSSR count). The molecule has 7 nitrogen and oxygen atoms in total. The van der Waals surface area contributed by atoms with E-state index < -0.39 is 0 Å². The van der Waals surface area contributed by atoms with Gasteiger partial charge in [-0.3, -0.25) is 9.48 Å². The summed E-state index contributed by atoms with van der Waals surface area (Å²) < 4.78 is 3.21. The average Bonchev–Trinajstić information content (AvgIpc) is 2.94. The van der Waals surface area contributed by atoms with Crippen LogP contribution < -0.4 is 5.32 Å². The van der Waals surface area contributed by atoms with Gasteiger partial charge in [0.2, 0.25) is 5.91 Å². The molecule has 0 atom stereocenters. The molecule has 0 unspecified atom stereocenters. The number of nitrogens with zero attached hydrogens (tertiary/aromatic N) is 5. The largest absolute Gasteiger partial charge is 0.309 e. The summed E-state index contributed by atoms with van der Waals surface area (Å²) >= 11 is 0. The number of fused-ring (bicyclic) bond motifs is 1. The molecule has 0 saturated carbocycles. The Hall–Kier alpha value is -2.70. The summed E-state index contributed by atoms with van der Waals surface area (Å²) in [4.78, 5) is 12.0. The zero-order valence-corrected chi connectivity index (χ0v) is 11.2. The highest BCUT2D eigenvalue weighted by atomic mass is 16.2. The van der Waals surface area contributed by atoms with Gasteiger partial charge >= 0.3 is 0 Å². The third-order valence-electron chi connectivity index (χ3n) is 2.98. The smallest absolute Gasteiger partial charge is 0.247 e. The number of nitrogens with one attached hydrogen (secondary N) is 1. The number of hydrogen-bond acceptors (Lipinski definition) is 4. The SMILES string of the molecule is Cc1cc(NC(=O)Cn2nnc3ccccc32)n(C)n1. The van der Waals surface area contributed by atoms with Crippen molar-refractivity contribution in [2.24, 2.45) is 7.05 Å². The van der Waals surface area contributed by atoms with E-state index in [9.17, 15) is 4.79 Å². The summed E-state index contributed by atoms with van der Waals surface area (Å²) in [5.41, 5.74) is 2.47. The van der Waals surface area contributed by atoms with E-state index in [1.165, 1.54) is 0 Å². The molecule has 0 saturated heterocycles. The quantitative estimate of drug-likeness (QED) is 0.773. The van der Waals surface area contributed by atoms with E-state index in [-0.39, 0.29) is 12.5 Å². The molecule has 102 valence electrons. The van der Waals surface area contributed by atoms with Crippen molar-refractivity contribution in [3.63, 3.8) is 0 Å². The van der Waals surface area contributed by atoms with Crippen LogP contribution in [0.3, 0.4) is 0 Å². The Morgan fingerprint density at radius 1 is 1.35 bits per heavy atom. The van der Waals surface area contributed by atoms with Crippen LogP contribution in [0, 0.1) is 6.92 Å². The van der Waals surface area contributed by atoms with Crippen molar-refractivity contribution in [2.45, 2.75) is 13.5 Å². The number of carbonyl (C=O) groups is 1. The summed E-state index contributed by atoms with van der Waals surface area (Å²) in [5.74, 6) is 0.501. The molecule has 7 heteroatoms. The Morgan fingerprint density at radius 3 is 2.90 bits per heavy atom. The van der Waals surface area contributed by atoms with Crippen LogP contribution in [0.4, 0.5) is 5.82 Å². The monoisotopic (exact) mass is 270 g/mol. The molecule has 0 bridgehead atoms. The Balaban J connectivity index is 1.77. The van der Waals surface area contributed by atoms with Crippen LogP contribution in [0.5, 0.6) is 0 Å². The Kier molecular flexibility index (Phi) is 2.94. The molecule has 0 radical (unpaired) electrons. The van der Waals surface area contributed by atoms with Crippen LogP contribution in [-0.2, 0) is 18.4 Å². The number of benzene rings is 1. The Bertz CT molecular complexity index is 772. The summed E-state index contributed by atoms with van der Waals surface area (Å²) in [5, 5.41) is 15.0. The van der Waals surface area contributed by atoms with E-state index in [1.807, 2.05) is 37.3 Å². The van der Waals surface area contributed by atoms with Crippen molar-refractivity contribution in [1.82, 2.24) is 24.8 Å². The summed E-state index contributed by atoms with van der Waals surface area (Å²) in [6.45, 7) is 1.99. The van der Waals surface area contributed by atoms with E-state index in [4.69, 9.17) is 0 Å². The highest BCUT2D eigenvalue weighted by molar-refractivity contribution is 5.90. The van der Waals surface area contributed by atoms with Gasteiger partial charge in [0.05, 0.1) is 11.2 Å². The molecule has 0 fully saturated rings. The predicted molar refractivity (Wildman–Crippen MR) is 74.1 cm³/mol. The number of para-hydroxylation sites is 1. The number of amides is 1. The van der Waals surface area contributed by atoms with Crippen molar-refractivity contribution in [2.75, 3.05) is 5.32 Å². The van der Waals surface area contributed by atoms with Gasteiger partial charge in [-0.15, -0.1) is 5.10 Å². The molecule has 2 heterocycles. The van der Waals surface area contributed by atoms with Gasteiger partial charge in [0, 0.05) is 13.1 Å². The first-order valence-electron chi connectivity index (χ1n) is 6.22. The number of hydrogen-bond donors (Lipinski definition) is 1. The maximum absolute atomic E-state index is 12.0. The molecule has 0 aliphatic rings. The van der Waals surface area contributed by atoms with Crippen LogP contribution in [0.15, 0.2) is 30.3 Å². The van der Waals surface area contributed by atoms with Gasteiger partial charge in [0.15, 0.2) is 0 Å². The fourth-order valence-corrected chi connectivity index (χ4v) is 2.08. The summed E-state index contributed by atoms with van der Waals surface area (Å²) in [7, 11) is 1.79. The molecule has 2 aromatic heterocycles. The van der Waals surface area contributed by atoms with Crippen molar-refractivity contribution in [3.05, 3.63) is 36.0 Å². The summed E-state index contributed by atoms with van der Waals surface area (Å²) in [6, 6.07) is 9.35. The fraction of sp³-hybridized carbons (Fsp3) is 0.231. The maximum Gasteiger partial charge on any atom is 0.247 e. The van der Waals surface area contributed by atoms with Gasteiger partial charge in [-0.1, -0.05) is 17.3 Å². The minimum absolute atomic E-state index is 0.116. The van der Waals surface area contributed by atoms with Gasteiger partial charge in [-0.25, -0.2) is 4.68 Å². The van der Waals surface area contributed by atoms with Crippen LogP contribution in [-0.4, -0.2) is 30.7 Å². The normalized spacial score (nSPS) is 10.9. The summed E-state index contributed by atoms with van der Waals surface area (Å²) in [6.07, 6.45) is 0. The van der Waals surface area contributed by atoms with Crippen LogP contribution >= 0.6 is 0 Å². The second kappa shape index (κ2) is 4.76. The van der Waals surface area contributed by atoms with Gasteiger partial charge in [0.1, 0.15) is 17.9 Å². The lowest BCUT2D eigenvalue weighted by Crippen LogP contribution is -2.21. The lowest BCUT2D eigenvalue weighted by molar-refractivity contribution is -0.116. The minimum atomic E-state index is -0.163. The minimum Gasteiger partial charge on any atom is -0.309 e. The Labute approximate surface area is 115 Å². The predicted octanol–water partition coefficient (Wildman–Crippen LogP) is 1.11. The van der Waals surface area contributed by atoms with E-state index in [1.54, 1.807) is 16.4 Å². The van der Waals surface area contributed by atoms with Gasteiger partial charge in [-0.2, -0.15) is 5.10 Å². The van der Waals surface area contributed by atoms with Crippen molar-refractivity contribution < 1.29 is 4.79 Å². The zero-order valence-electron chi connectivity index (χ0n) is 11.2. The number of anilines is 1. The van der Waals surface area contributed by atoms with Crippen LogP contribution in [0.1, 0.15) is 5.69 Å². The van der Waals surface area contributed by atoms with E-state index in [2.05, 4.69) is 20.7 Å². The van der Waals surface area contributed by atoms with Crippen LogP contribution in [0.2, 0.25) is 0 Å². The zero-order chi connectivity index (χ0) is 14.1. The fourth-order valence-electron chi connectivity index (χ4n) is 2.08. The molecule has 0 aliphatic carbocycles. The van der Waals surface area contributed by atoms with Gasteiger partial charge in [0.25, 0.3) is 0 Å². The van der Waals surface area contributed by atoms with Crippen molar-refractivity contribution in [3.8, 4) is 0 Å². The number of aromatic nitrogens is 5. The molecule has 3 aromatic rings.